The summed E-state index contributed by atoms with van der Waals surface area (Å²) in [5.41, 5.74) is 4.49. The van der Waals surface area contributed by atoms with Crippen molar-refractivity contribution in [1.29, 1.82) is 0 Å². The molecule has 0 bridgehead atoms. The highest BCUT2D eigenvalue weighted by Crippen LogP contribution is 2.31. The summed E-state index contributed by atoms with van der Waals surface area (Å²) in [7, 11) is 0. The molecule has 20 heavy (non-hydrogen) atoms. The van der Waals surface area contributed by atoms with Crippen molar-refractivity contribution in [3.05, 3.63) is 23.0 Å². The van der Waals surface area contributed by atoms with Crippen LogP contribution in [0.25, 0.3) is 0 Å². The van der Waals surface area contributed by atoms with Crippen LogP contribution in [0.2, 0.25) is 0 Å². The lowest BCUT2D eigenvalue weighted by atomic mass is 9.93. The number of aryl methyl sites for hydroxylation is 1. The van der Waals surface area contributed by atoms with Gasteiger partial charge in [0.1, 0.15) is 0 Å². The Labute approximate surface area is 121 Å². The Hall–Kier alpha value is -1.58. The fourth-order valence-corrected chi connectivity index (χ4v) is 2.36. The van der Waals surface area contributed by atoms with Crippen LogP contribution in [0.3, 0.4) is 0 Å². The van der Waals surface area contributed by atoms with Gasteiger partial charge < -0.3 is 10.4 Å². The third kappa shape index (κ3) is 4.51. The Bertz CT molecular complexity index is 468. The van der Waals surface area contributed by atoms with E-state index in [1.54, 1.807) is 0 Å². The number of carbonyl (C=O) groups is 1. The monoisotopic (exact) mass is 278 g/mol. The molecule has 2 N–H and O–H groups in total. The van der Waals surface area contributed by atoms with E-state index in [-0.39, 0.29) is 6.42 Å². The van der Waals surface area contributed by atoms with Gasteiger partial charge in [-0.2, -0.15) is 0 Å². The fraction of sp³-hybridized carbons (Fsp3) is 0.625. The van der Waals surface area contributed by atoms with Crippen LogP contribution in [0.15, 0.2) is 6.07 Å². The molecule has 0 aliphatic carbocycles. The van der Waals surface area contributed by atoms with Gasteiger partial charge in [-0.05, 0) is 36.8 Å². The molecule has 1 aromatic rings. The van der Waals surface area contributed by atoms with E-state index in [1.165, 1.54) is 5.56 Å². The first-order valence-corrected chi connectivity index (χ1v) is 7.30. The van der Waals surface area contributed by atoms with Gasteiger partial charge in [0.2, 0.25) is 0 Å². The Morgan fingerprint density at radius 3 is 2.45 bits per heavy atom. The maximum Gasteiger partial charge on any atom is 0.303 e. The van der Waals surface area contributed by atoms with Gasteiger partial charge in [-0.25, -0.2) is 0 Å². The van der Waals surface area contributed by atoms with Crippen LogP contribution in [-0.4, -0.2) is 22.6 Å². The number of anilines is 1. The second kappa shape index (κ2) is 7.27. The average molecular weight is 278 g/mol. The molecule has 0 spiro atoms. The molecular weight excluding hydrogens is 252 g/mol. The standard InChI is InChI=1S/C16H26N2O2/c1-10(2)15-13(17-8-6-7-14(19)20)9-12(5)18-16(15)11(3)4/h9-11H,6-8H2,1-5H3,(H,17,18)(H,19,20). The molecule has 0 atom stereocenters. The summed E-state index contributed by atoms with van der Waals surface area (Å²) in [6, 6.07) is 2.06. The zero-order chi connectivity index (χ0) is 15.3. The molecule has 4 heteroatoms. The first kappa shape index (κ1) is 16.5. The van der Waals surface area contributed by atoms with E-state index in [0.717, 1.165) is 17.1 Å². The highest BCUT2D eigenvalue weighted by Gasteiger charge is 2.16. The van der Waals surface area contributed by atoms with Crippen LogP contribution >= 0.6 is 0 Å². The lowest BCUT2D eigenvalue weighted by Gasteiger charge is -2.21. The van der Waals surface area contributed by atoms with Gasteiger partial charge in [0.25, 0.3) is 0 Å². The Morgan fingerprint density at radius 2 is 1.95 bits per heavy atom. The van der Waals surface area contributed by atoms with Crippen molar-refractivity contribution in [2.24, 2.45) is 0 Å². The minimum Gasteiger partial charge on any atom is -0.481 e. The van der Waals surface area contributed by atoms with Gasteiger partial charge in [0.05, 0.1) is 0 Å². The zero-order valence-electron chi connectivity index (χ0n) is 13.2. The molecule has 0 aliphatic heterocycles. The largest absolute Gasteiger partial charge is 0.481 e. The average Bonchev–Trinajstić information content (AvgIpc) is 2.33. The number of aliphatic carboxylic acids is 1. The molecule has 1 rings (SSSR count). The Morgan fingerprint density at radius 1 is 1.30 bits per heavy atom. The molecule has 0 amide bonds. The molecule has 1 heterocycles. The number of nitrogens with one attached hydrogen (secondary N) is 1. The molecule has 112 valence electrons. The maximum absolute atomic E-state index is 10.5. The zero-order valence-corrected chi connectivity index (χ0v) is 13.2. The fourth-order valence-electron chi connectivity index (χ4n) is 2.36. The van der Waals surface area contributed by atoms with Crippen molar-refractivity contribution in [1.82, 2.24) is 4.98 Å². The second-order valence-corrected chi connectivity index (χ2v) is 5.84. The molecule has 1 aromatic heterocycles. The van der Waals surface area contributed by atoms with Gasteiger partial charge in [-0.15, -0.1) is 0 Å². The Balaban J connectivity index is 2.95. The summed E-state index contributed by atoms with van der Waals surface area (Å²) in [5.74, 6) is 0.0269. The van der Waals surface area contributed by atoms with Crippen molar-refractivity contribution < 1.29 is 9.90 Å². The highest BCUT2D eigenvalue weighted by molar-refractivity contribution is 5.66. The quantitative estimate of drug-likeness (QED) is 0.742. The molecule has 0 radical (unpaired) electrons. The lowest BCUT2D eigenvalue weighted by molar-refractivity contribution is -0.137. The first-order valence-electron chi connectivity index (χ1n) is 7.30. The lowest BCUT2D eigenvalue weighted by Crippen LogP contribution is -2.11. The van der Waals surface area contributed by atoms with E-state index in [0.29, 0.717) is 24.8 Å². The third-order valence-corrected chi connectivity index (χ3v) is 3.22. The van der Waals surface area contributed by atoms with Crippen LogP contribution in [0.5, 0.6) is 0 Å². The first-order chi connectivity index (χ1) is 9.32. The van der Waals surface area contributed by atoms with Crippen LogP contribution in [0, 0.1) is 6.92 Å². The van der Waals surface area contributed by atoms with E-state index in [2.05, 4.69) is 44.1 Å². The maximum atomic E-state index is 10.5. The van der Waals surface area contributed by atoms with Crippen molar-refractivity contribution in [2.75, 3.05) is 11.9 Å². The van der Waals surface area contributed by atoms with Crippen molar-refractivity contribution in [3.8, 4) is 0 Å². The van der Waals surface area contributed by atoms with Crippen LogP contribution in [0.1, 0.15) is 69.3 Å². The SMILES string of the molecule is Cc1cc(NCCCC(=O)O)c(C(C)C)c(C(C)C)n1. The van der Waals surface area contributed by atoms with Gasteiger partial charge in [-0.3, -0.25) is 9.78 Å². The number of hydrogen-bond donors (Lipinski definition) is 2. The number of carboxylic acid groups (broad SMARTS) is 1. The number of aromatic nitrogens is 1. The van der Waals surface area contributed by atoms with Crippen LogP contribution in [0.4, 0.5) is 5.69 Å². The van der Waals surface area contributed by atoms with E-state index in [4.69, 9.17) is 5.11 Å². The molecule has 0 fully saturated rings. The molecule has 0 unspecified atom stereocenters. The number of carboxylic acids is 1. The van der Waals surface area contributed by atoms with Crippen molar-refractivity contribution in [3.63, 3.8) is 0 Å². The molecule has 4 nitrogen and oxygen atoms in total. The third-order valence-electron chi connectivity index (χ3n) is 3.22. The van der Waals surface area contributed by atoms with Gasteiger partial charge in [0.15, 0.2) is 0 Å². The smallest absolute Gasteiger partial charge is 0.303 e. The topological polar surface area (TPSA) is 62.2 Å². The second-order valence-electron chi connectivity index (χ2n) is 5.84. The summed E-state index contributed by atoms with van der Waals surface area (Å²) >= 11 is 0. The van der Waals surface area contributed by atoms with E-state index >= 15 is 0 Å². The minimum absolute atomic E-state index is 0.200. The molecule has 0 saturated carbocycles. The van der Waals surface area contributed by atoms with E-state index < -0.39 is 5.97 Å². The molecule has 0 aromatic carbocycles. The number of rotatable bonds is 7. The van der Waals surface area contributed by atoms with Gasteiger partial charge in [-0.1, -0.05) is 27.7 Å². The normalized spacial score (nSPS) is 11.2. The van der Waals surface area contributed by atoms with Crippen LogP contribution in [-0.2, 0) is 4.79 Å². The number of nitrogens with zero attached hydrogens (tertiary/aromatic N) is 1. The molecule has 0 saturated heterocycles. The van der Waals surface area contributed by atoms with Gasteiger partial charge >= 0.3 is 5.97 Å². The minimum atomic E-state index is -0.746. The van der Waals surface area contributed by atoms with Crippen molar-refractivity contribution in [2.45, 2.75) is 59.3 Å². The van der Waals surface area contributed by atoms with E-state index in [1.807, 2.05) is 6.92 Å². The number of pyridine rings is 1. The summed E-state index contributed by atoms with van der Waals surface area (Å²) in [5, 5.41) is 12.1. The molecular formula is C16H26N2O2. The Kier molecular flexibility index (Phi) is 5.99. The van der Waals surface area contributed by atoms with Crippen molar-refractivity contribution >= 4 is 11.7 Å². The highest BCUT2D eigenvalue weighted by atomic mass is 16.4. The van der Waals surface area contributed by atoms with Gasteiger partial charge in [0, 0.05) is 30.0 Å². The summed E-state index contributed by atoms with van der Waals surface area (Å²) in [4.78, 5) is 15.2. The number of hydrogen-bond acceptors (Lipinski definition) is 3. The summed E-state index contributed by atoms with van der Waals surface area (Å²) < 4.78 is 0. The molecule has 0 aliphatic rings. The van der Waals surface area contributed by atoms with E-state index in [9.17, 15) is 4.79 Å². The predicted molar refractivity (Wildman–Crippen MR) is 82.5 cm³/mol. The summed E-state index contributed by atoms with van der Waals surface area (Å²) in [6.45, 7) is 11.3. The van der Waals surface area contributed by atoms with Crippen LogP contribution < -0.4 is 5.32 Å². The predicted octanol–water partition coefficient (Wildman–Crippen LogP) is 3.91. The summed E-state index contributed by atoms with van der Waals surface area (Å²) in [6.07, 6.45) is 0.830.